The maximum Gasteiger partial charge on any atom is 0.0701 e. The molecule has 0 aromatic carbocycles. The van der Waals surface area contributed by atoms with Gasteiger partial charge in [-0.15, -0.1) is 0 Å². The molecule has 0 aliphatic carbocycles. The molecule has 3 heteroatoms. The number of hydrogen-bond acceptors (Lipinski definition) is 3. The fourth-order valence-electron chi connectivity index (χ4n) is 0.521. The maximum atomic E-state index is 5.40. The van der Waals surface area contributed by atoms with Gasteiger partial charge in [0.2, 0.25) is 0 Å². The minimum Gasteiger partial charge on any atom is -0.376 e. The third-order valence-corrected chi connectivity index (χ3v) is 0.942. The lowest BCUT2D eigenvalue weighted by atomic mass is 10.2. The van der Waals surface area contributed by atoms with E-state index in [9.17, 15) is 0 Å². The monoisotopic (exact) mass is 147 g/mol. The van der Waals surface area contributed by atoms with E-state index in [1.54, 1.807) is 0 Å². The van der Waals surface area contributed by atoms with Crippen LogP contribution < -0.4 is 5.90 Å². The van der Waals surface area contributed by atoms with E-state index in [4.69, 9.17) is 10.6 Å². The first-order valence-corrected chi connectivity index (χ1v) is 3.52. The summed E-state index contributed by atoms with van der Waals surface area (Å²) >= 11 is 0. The van der Waals surface area contributed by atoms with Gasteiger partial charge in [-0.1, -0.05) is 0 Å². The number of nitrogens with two attached hydrogens (primary N) is 1. The van der Waals surface area contributed by atoms with Crippen LogP contribution >= 0.6 is 0 Å². The molecule has 3 nitrogen and oxygen atoms in total. The highest BCUT2D eigenvalue weighted by Gasteiger charge is 2.08. The van der Waals surface area contributed by atoms with Gasteiger partial charge in [0.15, 0.2) is 0 Å². The molecule has 0 aliphatic heterocycles. The minimum absolute atomic E-state index is 0.0470. The maximum absolute atomic E-state index is 5.40. The summed E-state index contributed by atoms with van der Waals surface area (Å²) < 4.78 is 5.40. The van der Waals surface area contributed by atoms with E-state index >= 15 is 0 Å². The van der Waals surface area contributed by atoms with Crippen LogP contribution in [0.2, 0.25) is 0 Å². The standard InChI is InChI=1S/C7H17NO2/c1-7(2,3)9-5-4-6-10-8/h4-6,8H2,1-3H3. The quantitative estimate of drug-likeness (QED) is 0.478. The molecule has 0 saturated heterocycles. The van der Waals surface area contributed by atoms with Crippen molar-refractivity contribution in [3.63, 3.8) is 0 Å². The Morgan fingerprint density at radius 2 is 1.80 bits per heavy atom. The Morgan fingerprint density at radius 3 is 2.20 bits per heavy atom. The second kappa shape index (κ2) is 4.66. The molecule has 0 spiro atoms. The van der Waals surface area contributed by atoms with Crippen LogP contribution in [0.1, 0.15) is 27.2 Å². The van der Waals surface area contributed by atoms with Crippen molar-refractivity contribution in [2.24, 2.45) is 5.90 Å². The molecule has 10 heavy (non-hydrogen) atoms. The first-order valence-electron chi connectivity index (χ1n) is 3.52. The molecule has 0 bridgehead atoms. The van der Waals surface area contributed by atoms with Crippen molar-refractivity contribution in [2.45, 2.75) is 32.8 Å². The molecule has 0 aliphatic rings. The SMILES string of the molecule is CC(C)(C)OCCCON. The second-order valence-electron chi connectivity index (χ2n) is 3.19. The highest BCUT2D eigenvalue weighted by atomic mass is 16.6. The highest BCUT2D eigenvalue weighted by Crippen LogP contribution is 2.06. The van der Waals surface area contributed by atoms with Crippen molar-refractivity contribution in [3.05, 3.63) is 0 Å². The average Bonchev–Trinajstić information content (AvgIpc) is 1.78. The van der Waals surface area contributed by atoms with E-state index in [0.29, 0.717) is 13.2 Å². The summed E-state index contributed by atoms with van der Waals surface area (Å²) in [5.74, 6) is 4.82. The Kier molecular flexibility index (Phi) is 4.60. The zero-order valence-electron chi connectivity index (χ0n) is 7.02. The topological polar surface area (TPSA) is 44.5 Å². The molecular weight excluding hydrogens is 130 g/mol. The Labute approximate surface area is 62.4 Å². The van der Waals surface area contributed by atoms with E-state index in [1.165, 1.54) is 0 Å². The smallest absolute Gasteiger partial charge is 0.0701 e. The lowest BCUT2D eigenvalue weighted by Crippen LogP contribution is -2.20. The van der Waals surface area contributed by atoms with Crippen molar-refractivity contribution in [1.82, 2.24) is 0 Å². The van der Waals surface area contributed by atoms with Crippen molar-refractivity contribution in [2.75, 3.05) is 13.2 Å². The van der Waals surface area contributed by atoms with Gasteiger partial charge in [0.1, 0.15) is 0 Å². The Hall–Kier alpha value is -0.120. The van der Waals surface area contributed by atoms with Crippen LogP contribution in [0, 0.1) is 0 Å². The van der Waals surface area contributed by atoms with Crippen LogP contribution in [0.5, 0.6) is 0 Å². The summed E-state index contributed by atoms with van der Waals surface area (Å²) in [4.78, 5) is 4.38. The predicted octanol–water partition coefficient (Wildman–Crippen LogP) is 1.08. The van der Waals surface area contributed by atoms with Crippen LogP contribution in [0.4, 0.5) is 0 Å². The Balaban J connectivity index is 3.04. The van der Waals surface area contributed by atoms with Crippen molar-refractivity contribution in [1.29, 1.82) is 0 Å². The van der Waals surface area contributed by atoms with Gasteiger partial charge in [-0.25, -0.2) is 5.90 Å². The molecule has 0 amide bonds. The molecule has 62 valence electrons. The van der Waals surface area contributed by atoms with E-state index in [2.05, 4.69) is 4.84 Å². The Morgan fingerprint density at radius 1 is 1.20 bits per heavy atom. The van der Waals surface area contributed by atoms with E-state index in [-0.39, 0.29) is 5.60 Å². The number of rotatable bonds is 4. The zero-order valence-corrected chi connectivity index (χ0v) is 7.02. The average molecular weight is 147 g/mol. The van der Waals surface area contributed by atoms with Crippen LogP contribution in [-0.2, 0) is 9.57 Å². The van der Waals surface area contributed by atoms with Gasteiger partial charge in [-0.2, -0.15) is 0 Å². The van der Waals surface area contributed by atoms with Crippen LogP contribution in [0.3, 0.4) is 0 Å². The van der Waals surface area contributed by atoms with Gasteiger partial charge in [-0.3, -0.25) is 0 Å². The van der Waals surface area contributed by atoms with Gasteiger partial charge in [0, 0.05) is 6.61 Å². The minimum atomic E-state index is -0.0470. The molecule has 0 fully saturated rings. The van der Waals surface area contributed by atoms with Gasteiger partial charge in [0.05, 0.1) is 12.2 Å². The van der Waals surface area contributed by atoms with Gasteiger partial charge < -0.3 is 9.57 Å². The van der Waals surface area contributed by atoms with Crippen molar-refractivity contribution >= 4 is 0 Å². The summed E-state index contributed by atoms with van der Waals surface area (Å²) in [7, 11) is 0. The fourth-order valence-corrected chi connectivity index (χ4v) is 0.521. The van der Waals surface area contributed by atoms with Gasteiger partial charge >= 0.3 is 0 Å². The van der Waals surface area contributed by atoms with Crippen molar-refractivity contribution < 1.29 is 9.57 Å². The number of hydrogen-bond donors (Lipinski definition) is 1. The second-order valence-corrected chi connectivity index (χ2v) is 3.19. The van der Waals surface area contributed by atoms with Gasteiger partial charge in [-0.05, 0) is 27.2 Å². The lowest BCUT2D eigenvalue weighted by Gasteiger charge is -2.18. The summed E-state index contributed by atoms with van der Waals surface area (Å²) in [6.07, 6.45) is 0.855. The summed E-state index contributed by atoms with van der Waals surface area (Å²) in [5.41, 5.74) is -0.0470. The molecule has 0 saturated carbocycles. The molecule has 0 atom stereocenters. The normalized spacial score (nSPS) is 12.0. The molecule has 2 N–H and O–H groups in total. The predicted molar refractivity (Wildman–Crippen MR) is 40.5 cm³/mol. The first-order chi connectivity index (χ1) is 4.56. The van der Waals surface area contributed by atoms with Gasteiger partial charge in [0.25, 0.3) is 0 Å². The lowest BCUT2D eigenvalue weighted by molar-refractivity contribution is -0.0140. The van der Waals surface area contributed by atoms with E-state index in [0.717, 1.165) is 6.42 Å². The zero-order chi connectivity index (χ0) is 8.04. The molecule has 0 rings (SSSR count). The van der Waals surface area contributed by atoms with Crippen molar-refractivity contribution in [3.8, 4) is 0 Å². The third-order valence-electron chi connectivity index (χ3n) is 0.942. The molecular formula is C7H17NO2. The fraction of sp³-hybridized carbons (Fsp3) is 1.00. The van der Waals surface area contributed by atoms with Crippen LogP contribution in [0.15, 0.2) is 0 Å². The summed E-state index contributed by atoms with van der Waals surface area (Å²) in [6, 6.07) is 0. The third kappa shape index (κ3) is 7.88. The first kappa shape index (κ1) is 9.88. The number of ether oxygens (including phenoxy) is 1. The molecule has 0 aromatic heterocycles. The van der Waals surface area contributed by atoms with E-state index < -0.39 is 0 Å². The highest BCUT2D eigenvalue weighted by molar-refractivity contribution is 4.57. The van der Waals surface area contributed by atoms with Crippen LogP contribution in [0.25, 0.3) is 0 Å². The Bertz CT molecular complexity index is 78.2. The summed E-state index contributed by atoms with van der Waals surface area (Å²) in [5, 5.41) is 0. The van der Waals surface area contributed by atoms with E-state index in [1.807, 2.05) is 20.8 Å². The summed E-state index contributed by atoms with van der Waals surface area (Å²) in [6.45, 7) is 7.35. The van der Waals surface area contributed by atoms with Crippen LogP contribution in [-0.4, -0.2) is 18.8 Å². The molecule has 0 aromatic rings. The molecule has 0 unspecified atom stereocenters. The molecule has 0 heterocycles. The largest absolute Gasteiger partial charge is 0.376 e. The molecule has 0 radical (unpaired) electrons.